The van der Waals surface area contributed by atoms with E-state index in [1.807, 2.05) is 4.90 Å². The summed E-state index contributed by atoms with van der Waals surface area (Å²) in [5.74, 6) is -0.327. The van der Waals surface area contributed by atoms with Crippen LogP contribution in [0.1, 0.15) is 42.2 Å². The molecule has 21 heavy (non-hydrogen) atoms. The van der Waals surface area contributed by atoms with Crippen molar-refractivity contribution in [3.8, 4) is 0 Å². The highest BCUT2D eigenvalue weighted by Crippen LogP contribution is 2.25. The lowest BCUT2D eigenvalue weighted by molar-refractivity contribution is -0.130. The van der Waals surface area contributed by atoms with Crippen molar-refractivity contribution in [3.63, 3.8) is 0 Å². The molecule has 1 aliphatic rings. The van der Waals surface area contributed by atoms with Crippen LogP contribution in [0.4, 0.5) is 5.00 Å². The first-order valence-electron chi connectivity index (χ1n) is 7.28. The third-order valence-electron chi connectivity index (χ3n) is 3.45. The number of hydrogen-bond acceptors (Lipinski definition) is 6. The molecule has 2 heterocycles. The van der Waals surface area contributed by atoms with E-state index in [1.54, 1.807) is 13.8 Å². The molecule has 1 aromatic rings. The Morgan fingerprint density at radius 3 is 2.71 bits per heavy atom. The molecule has 0 radical (unpaired) electrons. The first-order valence-corrected chi connectivity index (χ1v) is 8.06. The van der Waals surface area contributed by atoms with E-state index in [4.69, 9.17) is 4.74 Å². The van der Waals surface area contributed by atoms with E-state index >= 15 is 0 Å². The predicted molar refractivity (Wildman–Crippen MR) is 81.7 cm³/mol. The second kappa shape index (κ2) is 7.40. The van der Waals surface area contributed by atoms with Crippen LogP contribution in [0.3, 0.4) is 0 Å². The maximum atomic E-state index is 12.1. The molecule has 1 N–H and O–H groups in total. The van der Waals surface area contributed by atoms with Gasteiger partial charge in [-0.15, -0.1) is 0 Å². The minimum absolute atomic E-state index is 0.0653. The van der Waals surface area contributed by atoms with Gasteiger partial charge in [-0.1, -0.05) is 0 Å². The van der Waals surface area contributed by atoms with Crippen LogP contribution in [-0.2, 0) is 9.53 Å². The Morgan fingerprint density at radius 2 is 2.05 bits per heavy atom. The molecule has 1 fully saturated rings. The van der Waals surface area contributed by atoms with Crippen molar-refractivity contribution in [1.82, 2.24) is 9.27 Å². The number of anilines is 1. The van der Waals surface area contributed by atoms with Gasteiger partial charge in [0, 0.05) is 13.1 Å². The molecule has 6 nitrogen and oxygen atoms in total. The maximum Gasteiger partial charge on any atom is 0.343 e. The summed E-state index contributed by atoms with van der Waals surface area (Å²) in [5.41, 5.74) is 1.07. The van der Waals surface area contributed by atoms with Crippen LogP contribution in [0.15, 0.2) is 0 Å². The number of likely N-dealkylation sites (tertiary alicyclic amines) is 1. The Kier molecular flexibility index (Phi) is 5.55. The van der Waals surface area contributed by atoms with Crippen LogP contribution in [0.5, 0.6) is 0 Å². The quantitative estimate of drug-likeness (QED) is 0.843. The van der Waals surface area contributed by atoms with Crippen LogP contribution in [0.2, 0.25) is 0 Å². The van der Waals surface area contributed by atoms with Gasteiger partial charge in [-0.3, -0.25) is 4.79 Å². The highest BCUT2D eigenvalue weighted by Gasteiger charge is 2.21. The molecule has 0 spiro atoms. The molecule has 7 heteroatoms. The Balaban J connectivity index is 1.96. The first kappa shape index (κ1) is 15.8. The molecule has 0 atom stereocenters. The molecule has 0 unspecified atom stereocenters. The van der Waals surface area contributed by atoms with Crippen LogP contribution in [0.25, 0.3) is 0 Å². The zero-order chi connectivity index (χ0) is 15.2. The highest BCUT2D eigenvalue weighted by atomic mass is 32.1. The van der Waals surface area contributed by atoms with E-state index in [-0.39, 0.29) is 12.5 Å². The fourth-order valence-electron chi connectivity index (χ4n) is 2.35. The zero-order valence-electron chi connectivity index (χ0n) is 12.5. The number of rotatable bonds is 5. The van der Waals surface area contributed by atoms with Crippen LogP contribution in [0, 0.1) is 6.92 Å². The molecule has 0 saturated carbocycles. The third kappa shape index (κ3) is 3.93. The summed E-state index contributed by atoms with van der Waals surface area (Å²) in [6.45, 7) is 5.69. The lowest BCUT2D eigenvalue weighted by Gasteiger charge is -2.26. The van der Waals surface area contributed by atoms with Crippen molar-refractivity contribution in [2.45, 2.75) is 33.1 Å². The molecule has 0 aliphatic carbocycles. The van der Waals surface area contributed by atoms with Crippen molar-refractivity contribution in [3.05, 3.63) is 11.3 Å². The highest BCUT2D eigenvalue weighted by molar-refractivity contribution is 7.10. The second-order valence-corrected chi connectivity index (χ2v) is 5.76. The molecule has 0 bridgehead atoms. The number of carbonyl (C=O) groups excluding carboxylic acids is 2. The normalized spacial score (nSPS) is 14.9. The minimum Gasteiger partial charge on any atom is -0.462 e. The Hall–Kier alpha value is -1.63. The number of nitrogens with zero attached hydrogens (tertiary/aromatic N) is 2. The largest absolute Gasteiger partial charge is 0.462 e. The number of esters is 1. The van der Waals surface area contributed by atoms with E-state index in [9.17, 15) is 9.59 Å². The number of hydrogen-bond donors (Lipinski definition) is 1. The molecule has 1 amide bonds. The average Bonchev–Trinajstić information content (AvgIpc) is 2.87. The summed E-state index contributed by atoms with van der Waals surface area (Å²) in [6, 6.07) is 0. The van der Waals surface area contributed by atoms with Gasteiger partial charge in [0.1, 0.15) is 10.6 Å². The number of nitrogens with one attached hydrogen (secondary N) is 1. The third-order valence-corrected chi connectivity index (χ3v) is 4.35. The van der Waals surface area contributed by atoms with Gasteiger partial charge in [0.25, 0.3) is 0 Å². The molecule has 0 aromatic carbocycles. The van der Waals surface area contributed by atoms with Crippen molar-refractivity contribution >= 4 is 28.4 Å². The molecule has 1 saturated heterocycles. The van der Waals surface area contributed by atoms with E-state index in [1.165, 1.54) is 18.0 Å². The van der Waals surface area contributed by atoms with Crippen molar-refractivity contribution in [2.24, 2.45) is 0 Å². The second-order valence-electron chi connectivity index (χ2n) is 4.99. The Bertz CT molecular complexity index is 510. The fourth-order valence-corrected chi connectivity index (χ4v) is 3.12. The predicted octanol–water partition coefficient (Wildman–Crippen LogP) is 2.05. The molecule has 1 aliphatic heterocycles. The summed E-state index contributed by atoms with van der Waals surface area (Å²) >= 11 is 1.19. The van der Waals surface area contributed by atoms with Crippen LogP contribution < -0.4 is 5.32 Å². The topological polar surface area (TPSA) is 71.5 Å². The SMILES string of the molecule is CCOC(=O)c1c(C)nsc1NCC(=O)N1CCCCC1. The standard InChI is InChI=1S/C14H21N3O3S/c1-3-20-14(19)12-10(2)16-21-13(12)15-9-11(18)17-7-5-4-6-8-17/h15H,3-9H2,1-2H3. The number of piperidine rings is 1. The summed E-state index contributed by atoms with van der Waals surface area (Å²) in [5, 5.41) is 3.64. The zero-order valence-corrected chi connectivity index (χ0v) is 13.3. The van der Waals surface area contributed by atoms with Crippen LogP contribution in [-0.4, -0.2) is 47.4 Å². The van der Waals surface area contributed by atoms with Gasteiger partial charge < -0.3 is 15.0 Å². The van der Waals surface area contributed by atoms with Gasteiger partial charge in [-0.05, 0) is 44.6 Å². The van der Waals surface area contributed by atoms with Crippen molar-refractivity contribution < 1.29 is 14.3 Å². The Morgan fingerprint density at radius 1 is 1.33 bits per heavy atom. The van der Waals surface area contributed by atoms with E-state index < -0.39 is 5.97 Å². The van der Waals surface area contributed by atoms with Gasteiger partial charge in [0.15, 0.2) is 0 Å². The van der Waals surface area contributed by atoms with Gasteiger partial charge in [0.2, 0.25) is 5.91 Å². The average molecular weight is 311 g/mol. The summed E-state index contributed by atoms with van der Waals surface area (Å²) in [6.07, 6.45) is 3.33. The molecular weight excluding hydrogens is 290 g/mol. The number of ether oxygens (including phenoxy) is 1. The Labute approximate surface area is 128 Å². The maximum absolute atomic E-state index is 12.1. The van der Waals surface area contributed by atoms with Gasteiger partial charge in [-0.25, -0.2) is 4.79 Å². The molecule has 1 aromatic heterocycles. The molecule has 116 valence electrons. The van der Waals surface area contributed by atoms with E-state index in [0.29, 0.717) is 22.9 Å². The number of aromatic nitrogens is 1. The van der Waals surface area contributed by atoms with Crippen molar-refractivity contribution in [1.29, 1.82) is 0 Å². The lowest BCUT2D eigenvalue weighted by Crippen LogP contribution is -2.39. The van der Waals surface area contributed by atoms with Crippen LogP contribution >= 0.6 is 11.5 Å². The summed E-state index contributed by atoms with van der Waals surface area (Å²) in [7, 11) is 0. The minimum atomic E-state index is -0.392. The first-order chi connectivity index (χ1) is 10.1. The monoisotopic (exact) mass is 311 g/mol. The van der Waals surface area contributed by atoms with Gasteiger partial charge in [0.05, 0.1) is 18.8 Å². The smallest absolute Gasteiger partial charge is 0.343 e. The number of aryl methyl sites for hydroxylation is 1. The summed E-state index contributed by atoms with van der Waals surface area (Å²) < 4.78 is 9.19. The fraction of sp³-hybridized carbons (Fsp3) is 0.643. The molecular formula is C14H21N3O3S. The summed E-state index contributed by atoms with van der Waals surface area (Å²) in [4.78, 5) is 25.9. The van der Waals surface area contributed by atoms with E-state index in [2.05, 4.69) is 9.69 Å². The number of amides is 1. The van der Waals surface area contributed by atoms with Gasteiger partial charge >= 0.3 is 5.97 Å². The van der Waals surface area contributed by atoms with Gasteiger partial charge in [-0.2, -0.15) is 4.37 Å². The molecule has 2 rings (SSSR count). The lowest BCUT2D eigenvalue weighted by atomic mass is 10.1. The van der Waals surface area contributed by atoms with E-state index in [0.717, 1.165) is 25.9 Å². The number of carbonyl (C=O) groups is 2. The van der Waals surface area contributed by atoms with Crippen molar-refractivity contribution in [2.75, 3.05) is 31.6 Å².